The molecule has 1 unspecified atom stereocenters. The van der Waals surface area contributed by atoms with E-state index in [1.54, 1.807) is 30.3 Å². The molecule has 244 valence electrons. The molecule has 0 radical (unpaired) electrons. The first-order chi connectivity index (χ1) is 22.4. The summed E-state index contributed by atoms with van der Waals surface area (Å²) in [5.41, 5.74) is 4.48. The molecule has 0 amide bonds. The predicted molar refractivity (Wildman–Crippen MR) is 174 cm³/mol. The van der Waals surface area contributed by atoms with Crippen molar-refractivity contribution >= 4 is 11.6 Å². The van der Waals surface area contributed by atoms with Gasteiger partial charge in [0.1, 0.15) is 5.75 Å². The third kappa shape index (κ3) is 8.96. The van der Waals surface area contributed by atoms with Gasteiger partial charge in [0, 0.05) is 18.8 Å². The summed E-state index contributed by atoms with van der Waals surface area (Å²) < 4.78 is 83.0. The van der Waals surface area contributed by atoms with Crippen LogP contribution in [-0.4, -0.2) is 18.2 Å². The summed E-state index contributed by atoms with van der Waals surface area (Å²) in [5.74, 6) is 1.26. The van der Waals surface area contributed by atoms with E-state index in [0.29, 0.717) is 23.6 Å². The number of alkyl halides is 7. The Labute approximate surface area is 275 Å². The molecule has 47 heavy (non-hydrogen) atoms. The van der Waals surface area contributed by atoms with Crippen molar-refractivity contribution in [1.29, 1.82) is 0 Å². The van der Waals surface area contributed by atoms with Crippen molar-refractivity contribution in [3.63, 3.8) is 0 Å². The van der Waals surface area contributed by atoms with Crippen LogP contribution in [0.3, 0.4) is 0 Å². The molecule has 0 fully saturated rings. The van der Waals surface area contributed by atoms with Gasteiger partial charge in [0.05, 0.1) is 11.1 Å². The van der Waals surface area contributed by atoms with Crippen LogP contribution in [0.15, 0.2) is 121 Å². The number of nitrogens with zero attached hydrogens (tertiary/aromatic N) is 1. The highest BCUT2D eigenvalue weighted by molar-refractivity contribution is 6.17. The summed E-state index contributed by atoms with van der Waals surface area (Å²) in [7, 11) is 2.01. The van der Waals surface area contributed by atoms with E-state index in [1.165, 1.54) is 23.8 Å². The van der Waals surface area contributed by atoms with Gasteiger partial charge in [0.15, 0.2) is 6.23 Å². The quantitative estimate of drug-likeness (QED) is 0.132. The largest absolute Gasteiger partial charge is 0.475 e. The summed E-state index contributed by atoms with van der Waals surface area (Å²) in [4.78, 5) is 2.14. The Balaban J connectivity index is 0.000000207. The summed E-state index contributed by atoms with van der Waals surface area (Å²) in [6.45, 7) is 0.652. The highest BCUT2D eigenvalue weighted by atomic mass is 35.5. The van der Waals surface area contributed by atoms with Crippen LogP contribution in [-0.2, 0) is 31.2 Å². The average molecular weight is 668 g/mol. The first-order valence-electron chi connectivity index (χ1n) is 14.9. The highest BCUT2D eigenvalue weighted by Crippen LogP contribution is 2.34. The normalized spacial score (nSPS) is 14.5. The molecular weight excluding hydrogens is 636 g/mol. The molecule has 0 N–H and O–H groups in total. The zero-order valence-corrected chi connectivity index (χ0v) is 26.2. The fraction of sp³-hybridized carbons (Fsp3) is 0.211. The third-order valence-corrected chi connectivity index (χ3v) is 8.18. The summed E-state index contributed by atoms with van der Waals surface area (Å²) in [6, 6.07) is 33.6. The lowest BCUT2D eigenvalue weighted by atomic mass is 10.0. The van der Waals surface area contributed by atoms with Gasteiger partial charge in [0.25, 0.3) is 0 Å². The minimum Gasteiger partial charge on any atom is -0.475 e. The Morgan fingerprint density at radius 3 is 1.68 bits per heavy atom. The number of fused-ring (bicyclic) bond motifs is 1. The Kier molecular flexibility index (Phi) is 10.6. The SMILES string of the molecule is CN(Cc1cccc(-c2cccc(C(F)(F)F)c2)c1)C1CCc2ccccc2O1.FC(F)(F)c1cccc(-c2cccc(CCl)c2)c1. The second kappa shape index (κ2) is 14.7. The van der Waals surface area contributed by atoms with E-state index in [-0.39, 0.29) is 6.23 Å². The molecule has 1 heterocycles. The molecule has 0 bridgehead atoms. The van der Waals surface area contributed by atoms with E-state index in [1.807, 2.05) is 55.6 Å². The molecule has 1 aliphatic heterocycles. The van der Waals surface area contributed by atoms with E-state index < -0.39 is 23.5 Å². The number of para-hydroxylation sites is 1. The van der Waals surface area contributed by atoms with E-state index in [9.17, 15) is 26.3 Å². The van der Waals surface area contributed by atoms with Crippen molar-refractivity contribution in [2.45, 2.75) is 43.8 Å². The van der Waals surface area contributed by atoms with Gasteiger partial charge < -0.3 is 4.74 Å². The van der Waals surface area contributed by atoms with Crippen molar-refractivity contribution in [2.75, 3.05) is 7.05 Å². The van der Waals surface area contributed by atoms with Gasteiger partial charge in [-0.2, -0.15) is 26.3 Å². The van der Waals surface area contributed by atoms with E-state index in [2.05, 4.69) is 11.0 Å². The van der Waals surface area contributed by atoms with Crippen LogP contribution in [0, 0.1) is 0 Å². The van der Waals surface area contributed by atoms with Crippen LogP contribution in [0.5, 0.6) is 5.75 Å². The average Bonchev–Trinajstić information content (AvgIpc) is 3.08. The fourth-order valence-corrected chi connectivity index (χ4v) is 5.61. The van der Waals surface area contributed by atoms with E-state index in [0.717, 1.165) is 59.0 Å². The van der Waals surface area contributed by atoms with Crippen molar-refractivity contribution < 1.29 is 31.1 Å². The second-order valence-electron chi connectivity index (χ2n) is 11.3. The molecule has 1 aliphatic rings. The molecule has 2 nitrogen and oxygen atoms in total. The molecule has 0 spiro atoms. The van der Waals surface area contributed by atoms with Crippen molar-refractivity contribution in [1.82, 2.24) is 4.90 Å². The Morgan fingerprint density at radius 2 is 1.13 bits per heavy atom. The van der Waals surface area contributed by atoms with Crippen molar-refractivity contribution in [3.8, 4) is 28.0 Å². The maximum absolute atomic E-state index is 13.0. The highest BCUT2D eigenvalue weighted by Gasteiger charge is 2.31. The maximum atomic E-state index is 13.0. The van der Waals surface area contributed by atoms with E-state index >= 15 is 0 Å². The van der Waals surface area contributed by atoms with Crippen molar-refractivity contribution in [2.24, 2.45) is 0 Å². The summed E-state index contributed by atoms with van der Waals surface area (Å²) in [5, 5.41) is 0. The first kappa shape index (κ1) is 34.1. The number of rotatable bonds is 6. The lowest BCUT2D eigenvalue weighted by molar-refractivity contribution is -0.138. The lowest BCUT2D eigenvalue weighted by Gasteiger charge is -2.33. The van der Waals surface area contributed by atoms with Crippen molar-refractivity contribution in [3.05, 3.63) is 149 Å². The van der Waals surface area contributed by atoms with Gasteiger partial charge in [-0.05, 0) is 94.9 Å². The minimum absolute atomic E-state index is 0.0258. The Bertz CT molecular complexity index is 1800. The first-order valence-corrected chi connectivity index (χ1v) is 15.5. The molecule has 5 aromatic carbocycles. The van der Waals surface area contributed by atoms with Crippen LogP contribution < -0.4 is 4.74 Å². The number of benzene rings is 5. The molecule has 1 atom stereocenters. The second-order valence-corrected chi connectivity index (χ2v) is 11.6. The lowest BCUT2D eigenvalue weighted by Crippen LogP contribution is -2.38. The fourth-order valence-electron chi connectivity index (χ4n) is 5.44. The van der Waals surface area contributed by atoms with Crippen LogP contribution in [0.1, 0.15) is 34.2 Å². The Morgan fingerprint density at radius 1 is 0.638 bits per heavy atom. The van der Waals surface area contributed by atoms with Gasteiger partial charge in [-0.1, -0.05) is 78.9 Å². The van der Waals surface area contributed by atoms with Gasteiger partial charge in [-0.25, -0.2) is 0 Å². The summed E-state index contributed by atoms with van der Waals surface area (Å²) in [6.07, 6.45) is -6.82. The standard InChI is InChI=1S/C24H22F3NO.C14H10ClF3/c1-28(23-13-12-18-7-2-3-11-22(18)29-23)16-17-6-4-8-19(14-17)20-9-5-10-21(15-20)24(25,26)27;15-9-10-3-1-4-11(7-10)12-5-2-6-13(8-12)14(16,17)18/h2-11,14-15,23H,12-13,16H2,1H3;1-8H,9H2. The number of hydrogen-bond donors (Lipinski definition) is 0. The molecule has 0 saturated carbocycles. The molecule has 0 aromatic heterocycles. The third-order valence-electron chi connectivity index (χ3n) is 7.87. The van der Waals surface area contributed by atoms with Gasteiger partial charge >= 0.3 is 12.4 Å². The monoisotopic (exact) mass is 667 g/mol. The minimum atomic E-state index is -4.34. The maximum Gasteiger partial charge on any atom is 0.416 e. The van der Waals surface area contributed by atoms with Gasteiger partial charge in [-0.3, -0.25) is 4.90 Å². The topological polar surface area (TPSA) is 12.5 Å². The summed E-state index contributed by atoms with van der Waals surface area (Å²) >= 11 is 5.71. The zero-order chi connectivity index (χ0) is 33.6. The predicted octanol–water partition coefficient (Wildman–Crippen LogP) is 11.3. The molecule has 9 heteroatoms. The smallest absolute Gasteiger partial charge is 0.416 e. The molecular formula is C38H32ClF6NO. The number of hydrogen-bond acceptors (Lipinski definition) is 2. The molecule has 5 aromatic rings. The van der Waals surface area contributed by atoms with Crippen LogP contribution in [0.2, 0.25) is 0 Å². The molecule has 0 saturated heterocycles. The molecule has 6 rings (SSSR count). The number of aryl methyl sites for hydroxylation is 1. The zero-order valence-electron chi connectivity index (χ0n) is 25.5. The van der Waals surface area contributed by atoms with Crippen LogP contribution in [0.25, 0.3) is 22.3 Å². The van der Waals surface area contributed by atoms with Crippen LogP contribution >= 0.6 is 11.6 Å². The number of halogens is 7. The van der Waals surface area contributed by atoms with Gasteiger partial charge in [-0.15, -0.1) is 11.6 Å². The van der Waals surface area contributed by atoms with E-state index in [4.69, 9.17) is 16.3 Å². The van der Waals surface area contributed by atoms with Gasteiger partial charge in [0.2, 0.25) is 0 Å². The Hall–Kier alpha value is -4.27. The number of ether oxygens (including phenoxy) is 1. The molecule has 0 aliphatic carbocycles. The van der Waals surface area contributed by atoms with Crippen LogP contribution in [0.4, 0.5) is 26.3 Å².